The van der Waals surface area contributed by atoms with Crippen molar-refractivity contribution in [2.75, 3.05) is 52.4 Å². The molecule has 0 amide bonds. The van der Waals surface area contributed by atoms with Gasteiger partial charge in [0, 0.05) is 0 Å². The Balaban J connectivity index is 2.89. The molecule has 4 heteroatoms. The molecule has 0 saturated carbocycles. The summed E-state index contributed by atoms with van der Waals surface area (Å²) in [6.45, 7) is 10.4. The van der Waals surface area contributed by atoms with E-state index in [-0.39, 0.29) is 0 Å². The van der Waals surface area contributed by atoms with Crippen molar-refractivity contribution in [3.8, 4) is 12.3 Å². The molecule has 0 fully saturated rings. The molecule has 0 rings (SSSR count). The highest BCUT2D eigenvalue weighted by molar-refractivity contribution is 4.86. The molecular formula is C14H30N4. The first kappa shape index (κ1) is 17.4. The zero-order valence-electron chi connectivity index (χ0n) is 11.9. The fourth-order valence-corrected chi connectivity index (χ4v) is 1.60. The number of hydrogen-bond acceptors (Lipinski definition) is 4. The highest BCUT2D eigenvalue weighted by Crippen LogP contribution is 1.78. The van der Waals surface area contributed by atoms with Crippen LogP contribution in [-0.2, 0) is 0 Å². The van der Waals surface area contributed by atoms with Gasteiger partial charge in [-0.15, -0.1) is 6.42 Å². The van der Waals surface area contributed by atoms with E-state index in [1.807, 2.05) is 0 Å². The van der Waals surface area contributed by atoms with Crippen LogP contribution in [-0.4, -0.2) is 52.4 Å². The Morgan fingerprint density at radius 2 is 1.17 bits per heavy atom. The Hall–Kier alpha value is -0.600. The molecule has 0 spiro atoms. The van der Waals surface area contributed by atoms with Crippen LogP contribution in [0.2, 0.25) is 0 Å². The van der Waals surface area contributed by atoms with Crippen LogP contribution in [0.4, 0.5) is 0 Å². The molecule has 0 aliphatic heterocycles. The first-order chi connectivity index (χ1) is 8.91. The van der Waals surface area contributed by atoms with Gasteiger partial charge in [0.25, 0.3) is 0 Å². The minimum Gasteiger partial charge on any atom is -0.317 e. The first-order valence-corrected chi connectivity index (χ1v) is 7.18. The van der Waals surface area contributed by atoms with Crippen LogP contribution in [0.25, 0.3) is 0 Å². The minimum absolute atomic E-state index is 0.677. The lowest BCUT2D eigenvalue weighted by Gasteiger charge is -2.06. The molecule has 0 bridgehead atoms. The van der Waals surface area contributed by atoms with Gasteiger partial charge in [-0.2, -0.15) is 0 Å². The van der Waals surface area contributed by atoms with Crippen LogP contribution >= 0.6 is 0 Å². The summed E-state index contributed by atoms with van der Waals surface area (Å²) in [6, 6.07) is 0. The largest absolute Gasteiger partial charge is 0.317 e. The Kier molecular flexibility index (Phi) is 15.9. The van der Waals surface area contributed by atoms with Crippen LogP contribution in [0.3, 0.4) is 0 Å². The fraction of sp³-hybridized carbons (Fsp3) is 0.857. The second-order valence-corrected chi connectivity index (χ2v) is 4.30. The van der Waals surface area contributed by atoms with Crippen LogP contribution in [0.15, 0.2) is 0 Å². The maximum absolute atomic E-state index is 5.14. The summed E-state index contributed by atoms with van der Waals surface area (Å²) in [5, 5.41) is 13.4. The summed E-state index contributed by atoms with van der Waals surface area (Å²) in [4.78, 5) is 0. The summed E-state index contributed by atoms with van der Waals surface area (Å²) in [5.74, 6) is 2.57. The van der Waals surface area contributed by atoms with Gasteiger partial charge in [-0.1, -0.05) is 12.8 Å². The number of nitrogens with one attached hydrogen (secondary N) is 4. The SMILES string of the molecule is C#CCNCCCNCCCNCCCNCC. The second kappa shape index (κ2) is 16.4. The van der Waals surface area contributed by atoms with E-state index in [2.05, 4.69) is 34.1 Å². The predicted octanol–water partition coefficient (Wildman–Crippen LogP) is 0.168. The van der Waals surface area contributed by atoms with Crippen LogP contribution in [0.1, 0.15) is 26.2 Å². The molecule has 0 aromatic rings. The summed E-state index contributed by atoms with van der Waals surface area (Å²) < 4.78 is 0. The van der Waals surface area contributed by atoms with E-state index in [0.717, 1.165) is 52.2 Å². The average Bonchev–Trinajstić information content (AvgIpc) is 2.39. The molecule has 0 heterocycles. The highest BCUT2D eigenvalue weighted by atomic mass is 14.9. The van der Waals surface area contributed by atoms with E-state index >= 15 is 0 Å². The van der Waals surface area contributed by atoms with Gasteiger partial charge in [-0.25, -0.2) is 0 Å². The normalized spacial score (nSPS) is 10.4. The molecule has 0 aliphatic carbocycles. The molecule has 0 atom stereocenters. The average molecular weight is 254 g/mol. The maximum Gasteiger partial charge on any atom is 0.0573 e. The standard InChI is InChI=1S/C14H30N4/c1-3-8-16-10-6-12-18-14-7-13-17-11-5-9-15-4-2/h1,15-18H,4-14H2,2H3. The Morgan fingerprint density at radius 1 is 0.722 bits per heavy atom. The van der Waals surface area contributed by atoms with Gasteiger partial charge in [-0.05, 0) is 65.1 Å². The van der Waals surface area contributed by atoms with Crippen molar-refractivity contribution in [1.82, 2.24) is 21.3 Å². The van der Waals surface area contributed by atoms with E-state index in [4.69, 9.17) is 6.42 Å². The van der Waals surface area contributed by atoms with Gasteiger partial charge >= 0.3 is 0 Å². The number of rotatable bonds is 14. The third kappa shape index (κ3) is 15.4. The van der Waals surface area contributed by atoms with Gasteiger partial charge in [0.05, 0.1) is 6.54 Å². The number of terminal acetylenes is 1. The molecule has 4 nitrogen and oxygen atoms in total. The van der Waals surface area contributed by atoms with E-state index in [0.29, 0.717) is 6.54 Å². The lowest BCUT2D eigenvalue weighted by atomic mass is 10.3. The van der Waals surface area contributed by atoms with Crippen LogP contribution in [0.5, 0.6) is 0 Å². The molecule has 0 aliphatic rings. The molecule has 0 unspecified atom stereocenters. The predicted molar refractivity (Wildman–Crippen MR) is 79.8 cm³/mol. The van der Waals surface area contributed by atoms with Crippen molar-refractivity contribution in [2.45, 2.75) is 26.2 Å². The zero-order chi connectivity index (χ0) is 13.3. The summed E-state index contributed by atoms with van der Waals surface area (Å²) in [7, 11) is 0. The van der Waals surface area contributed by atoms with Gasteiger partial charge in [-0.3, -0.25) is 0 Å². The molecule has 0 radical (unpaired) electrons. The lowest BCUT2D eigenvalue weighted by Crippen LogP contribution is -2.26. The fourth-order valence-electron chi connectivity index (χ4n) is 1.60. The zero-order valence-corrected chi connectivity index (χ0v) is 11.9. The molecule has 0 aromatic carbocycles. The summed E-state index contributed by atoms with van der Waals surface area (Å²) >= 11 is 0. The monoisotopic (exact) mass is 254 g/mol. The molecule has 4 N–H and O–H groups in total. The van der Waals surface area contributed by atoms with Gasteiger partial charge in [0.15, 0.2) is 0 Å². The van der Waals surface area contributed by atoms with Crippen LogP contribution in [0, 0.1) is 12.3 Å². The third-order valence-electron chi connectivity index (χ3n) is 2.60. The van der Waals surface area contributed by atoms with E-state index in [9.17, 15) is 0 Å². The summed E-state index contributed by atoms with van der Waals surface area (Å²) in [6.07, 6.45) is 8.68. The van der Waals surface area contributed by atoms with Gasteiger partial charge in [0.2, 0.25) is 0 Å². The molecule has 0 saturated heterocycles. The van der Waals surface area contributed by atoms with Crippen molar-refractivity contribution in [3.63, 3.8) is 0 Å². The summed E-state index contributed by atoms with van der Waals surface area (Å²) in [5.41, 5.74) is 0. The van der Waals surface area contributed by atoms with Crippen LogP contribution < -0.4 is 21.3 Å². The molecule has 18 heavy (non-hydrogen) atoms. The Bertz CT molecular complexity index is 189. The smallest absolute Gasteiger partial charge is 0.0573 e. The van der Waals surface area contributed by atoms with Crippen molar-refractivity contribution < 1.29 is 0 Å². The van der Waals surface area contributed by atoms with Crippen molar-refractivity contribution in [3.05, 3.63) is 0 Å². The molecule has 106 valence electrons. The van der Waals surface area contributed by atoms with E-state index < -0.39 is 0 Å². The quantitative estimate of drug-likeness (QED) is 0.264. The van der Waals surface area contributed by atoms with Crippen molar-refractivity contribution >= 4 is 0 Å². The van der Waals surface area contributed by atoms with Crippen molar-refractivity contribution in [2.24, 2.45) is 0 Å². The second-order valence-electron chi connectivity index (χ2n) is 4.30. The maximum atomic E-state index is 5.14. The minimum atomic E-state index is 0.677. The van der Waals surface area contributed by atoms with Crippen molar-refractivity contribution in [1.29, 1.82) is 0 Å². The molecule has 0 aromatic heterocycles. The lowest BCUT2D eigenvalue weighted by molar-refractivity contribution is 0.559. The molecular weight excluding hydrogens is 224 g/mol. The topological polar surface area (TPSA) is 48.1 Å². The van der Waals surface area contributed by atoms with E-state index in [1.54, 1.807) is 0 Å². The third-order valence-corrected chi connectivity index (χ3v) is 2.60. The Morgan fingerprint density at radius 3 is 1.61 bits per heavy atom. The van der Waals surface area contributed by atoms with E-state index in [1.165, 1.54) is 12.8 Å². The first-order valence-electron chi connectivity index (χ1n) is 7.18. The van der Waals surface area contributed by atoms with Gasteiger partial charge < -0.3 is 21.3 Å². The van der Waals surface area contributed by atoms with Gasteiger partial charge in [0.1, 0.15) is 0 Å². The highest BCUT2D eigenvalue weighted by Gasteiger charge is 1.90. The number of hydrogen-bond donors (Lipinski definition) is 4. The Labute approximate surface area is 113 Å².